The fourth-order valence-electron chi connectivity index (χ4n) is 2.17. The molecule has 0 aromatic heterocycles. The lowest BCUT2D eigenvalue weighted by Gasteiger charge is -2.12. The number of hydrogen-bond acceptors (Lipinski definition) is 3. The first-order valence-electron chi connectivity index (χ1n) is 7.75. The first-order chi connectivity index (χ1) is 12.1. The fraction of sp³-hybridized carbons (Fsp3) is 0.222. The highest BCUT2D eigenvalue weighted by molar-refractivity contribution is 7.97. The minimum atomic E-state index is -0.218. The van der Waals surface area contributed by atoms with Crippen molar-refractivity contribution in [3.63, 3.8) is 0 Å². The number of carbonyl (C=O) groups excluding carboxylic acids is 1. The maximum Gasteiger partial charge on any atom is 0.269 e. The molecule has 0 radical (unpaired) electrons. The molecule has 0 bridgehead atoms. The van der Waals surface area contributed by atoms with Crippen LogP contribution in [0.5, 0.6) is 0 Å². The van der Waals surface area contributed by atoms with Crippen molar-refractivity contribution in [1.82, 2.24) is 16.2 Å². The molecular weight excluding hydrogens is 374 g/mol. The number of rotatable bonds is 6. The lowest BCUT2D eigenvalue weighted by Crippen LogP contribution is -2.47. The molecule has 0 aliphatic carbocycles. The number of carbonyl (C=O) groups is 1. The quantitative estimate of drug-likeness (QED) is 0.517. The van der Waals surface area contributed by atoms with Crippen molar-refractivity contribution in [2.24, 2.45) is 0 Å². The van der Waals surface area contributed by atoms with Gasteiger partial charge >= 0.3 is 0 Å². The van der Waals surface area contributed by atoms with Crippen molar-refractivity contribution < 1.29 is 4.79 Å². The third kappa shape index (κ3) is 6.94. The number of benzene rings is 2. The van der Waals surface area contributed by atoms with Crippen molar-refractivity contribution in [3.05, 3.63) is 70.2 Å². The van der Waals surface area contributed by atoms with E-state index >= 15 is 0 Å². The predicted octanol–water partition coefficient (Wildman–Crippen LogP) is 3.55. The van der Waals surface area contributed by atoms with Crippen LogP contribution >= 0.6 is 35.6 Å². The Hall–Kier alpha value is -1.76. The Kier molecular flexibility index (Phi) is 8.04. The molecule has 3 N–H and O–H groups in total. The average Bonchev–Trinajstić information content (AvgIpc) is 2.62. The minimum absolute atomic E-state index is 0.218. The molecule has 0 heterocycles. The lowest BCUT2D eigenvalue weighted by atomic mass is 10.1. The van der Waals surface area contributed by atoms with Gasteiger partial charge in [-0.15, -0.1) is 0 Å². The highest BCUT2D eigenvalue weighted by atomic mass is 35.5. The summed E-state index contributed by atoms with van der Waals surface area (Å²) in [5.41, 5.74) is 8.21. The van der Waals surface area contributed by atoms with Crippen LogP contribution in [0.15, 0.2) is 48.5 Å². The SMILES string of the molecule is CSCc1cccc(C(=O)NNC(=S)NCCc2ccc(Cl)cc2)c1. The van der Waals surface area contributed by atoms with Crippen LogP contribution in [0.4, 0.5) is 0 Å². The van der Waals surface area contributed by atoms with Crippen LogP contribution in [0.1, 0.15) is 21.5 Å². The number of hydrazine groups is 1. The van der Waals surface area contributed by atoms with Gasteiger partial charge in [-0.05, 0) is 60.3 Å². The van der Waals surface area contributed by atoms with Gasteiger partial charge in [-0.25, -0.2) is 0 Å². The van der Waals surface area contributed by atoms with E-state index in [1.165, 1.54) is 0 Å². The fourth-order valence-corrected chi connectivity index (χ4v) is 2.96. The second-order valence-corrected chi connectivity index (χ2v) is 7.06. The number of nitrogens with one attached hydrogen (secondary N) is 3. The monoisotopic (exact) mass is 393 g/mol. The maximum atomic E-state index is 12.2. The Bertz CT molecular complexity index is 723. The van der Waals surface area contributed by atoms with Crippen molar-refractivity contribution >= 4 is 46.6 Å². The summed E-state index contributed by atoms with van der Waals surface area (Å²) in [4.78, 5) is 12.2. The van der Waals surface area contributed by atoms with Gasteiger partial charge in [0.15, 0.2) is 5.11 Å². The molecule has 0 aliphatic heterocycles. The number of amides is 1. The van der Waals surface area contributed by atoms with E-state index in [9.17, 15) is 4.79 Å². The largest absolute Gasteiger partial charge is 0.361 e. The molecule has 0 atom stereocenters. The number of thiocarbonyl (C=S) groups is 1. The third-order valence-electron chi connectivity index (χ3n) is 3.40. The van der Waals surface area contributed by atoms with Crippen LogP contribution in [-0.2, 0) is 12.2 Å². The topological polar surface area (TPSA) is 53.2 Å². The molecule has 4 nitrogen and oxygen atoms in total. The smallest absolute Gasteiger partial charge is 0.269 e. The van der Waals surface area contributed by atoms with E-state index in [2.05, 4.69) is 16.2 Å². The molecule has 7 heteroatoms. The lowest BCUT2D eigenvalue weighted by molar-refractivity contribution is 0.0943. The van der Waals surface area contributed by atoms with Crippen LogP contribution < -0.4 is 16.2 Å². The molecule has 2 aromatic carbocycles. The van der Waals surface area contributed by atoms with Crippen LogP contribution in [0.25, 0.3) is 0 Å². The van der Waals surface area contributed by atoms with Crippen molar-refractivity contribution in [2.75, 3.05) is 12.8 Å². The van der Waals surface area contributed by atoms with Gasteiger partial charge in [0.1, 0.15) is 0 Å². The molecule has 1 amide bonds. The van der Waals surface area contributed by atoms with Crippen LogP contribution in [0, 0.1) is 0 Å². The molecule has 0 unspecified atom stereocenters. The van der Waals surface area contributed by atoms with Gasteiger partial charge in [0.05, 0.1) is 0 Å². The summed E-state index contributed by atoms with van der Waals surface area (Å²) in [5, 5.41) is 4.15. The normalized spacial score (nSPS) is 10.2. The average molecular weight is 394 g/mol. The molecule has 0 saturated heterocycles. The summed E-state index contributed by atoms with van der Waals surface area (Å²) in [5.74, 6) is 0.656. The summed E-state index contributed by atoms with van der Waals surface area (Å²) in [6, 6.07) is 15.2. The Morgan fingerprint density at radius 1 is 1.12 bits per heavy atom. The molecule has 2 aromatic rings. The van der Waals surface area contributed by atoms with Gasteiger partial charge in [0.2, 0.25) is 0 Å². The minimum Gasteiger partial charge on any atom is -0.361 e. The molecule has 25 heavy (non-hydrogen) atoms. The van der Waals surface area contributed by atoms with Gasteiger partial charge in [0.25, 0.3) is 5.91 Å². The highest BCUT2D eigenvalue weighted by Gasteiger charge is 2.06. The van der Waals surface area contributed by atoms with Crippen molar-refractivity contribution in [3.8, 4) is 0 Å². The van der Waals surface area contributed by atoms with E-state index in [4.69, 9.17) is 23.8 Å². The second-order valence-electron chi connectivity index (χ2n) is 5.34. The van der Waals surface area contributed by atoms with Gasteiger partial charge in [0, 0.05) is 22.9 Å². The summed E-state index contributed by atoms with van der Waals surface area (Å²) >= 11 is 12.7. The number of thioether (sulfide) groups is 1. The Morgan fingerprint density at radius 2 is 1.88 bits per heavy atom. The molecule has 0 aliphatic rings. The molecule has 0 saturated carbocycles. The Morgan fingerprint density at radius 3 is 2.60 bits per heavy atom. The molecular formula is C18H20ClN3OS2. The third-order valence-corrected chi connectivity index (χ3v) is 4.52. The van der Waals surface area contributed by atoms with Gasteiger partial charge in [-0.3, -0.25) is 15.6 Å². The van der Waals surface area contributed by atoms with E-state index in [1.54, 1.807) is 17.8 Å². The standard InChI is InChI=1S/C18H20ClN3OS2/c1-25-12-14-3-2-4-15(11-14)17(23)21-22-18(24)20-10-9-13-5-7-16(19)8-6-13/h2-8,11H,9-10,12H2,1H3,(H,21,23)(H2,20,22,24). The zero-order valence-corrected chi connectivity index (χ0v) is 16.2. The maximum absolute atomic E-state index is 12.2. The van der Waals surface area contributed by atoms with Gasteiger partial charge < -0.3 is 5.32 Å². The molecule has 132 valence electrons. The zero-order valence-electron chi connectivity index (χ0n) is 13.8. The Balaban J connectivity index is 1.72. The second kappa shape index (κ2) is 10.3. The van der Waals surface area contributed by atoms with Gasteiger partial charge in [-0.1, -0.05) is 35.9 Å². The molecule has 2 rings (SSSR count). The van der Waals surface area contributed by atoms with Crippen molar-refractivity contribution in [2.45, 2.75) is 12.2 Å². The van der Waals surface area contributed by atoms with E-state index in [1.807, 2.05) is 48.7 Å². The number of hydrogen-bond donors (Lipinski definition) is 3. The first kappa shape index (κ1) is 19.6. The molecule has 0 fully saturated rings. The molecule has 0 spiro atoms. The highest BCUT2D eigenvalue weighted by Crippen LogP contribution is 2.11. The summed E-state index contributed by atoms with van der Waals surface area (Å²) < 4.78 is 0. The van der Waals surface area contributed by atoms with E-state index in [0.717, 1.165) is 28.3 Å². The predicted molar refractivity (Wildman–Crippen MR) is 110 cm³/mol. The summed E-state index contributed by atoms with van der Waals surface area (Å²) in [6.45, 7) is 0.659. The van der Waals surface area contributed by atoms with E-state index in [-0.39, 0.29) is 5.91 Å². The van der Waals surface area contributed by atoms with E-state index in [0.29, 0.717) is 17.2 Å². The summed E-state index contributed by atoms with van der Waals surface area (Å²) in [7, 11) is 0. The van der Waals surface area contributed by atoms with Crippen LogP contribution in [0.2, 0.25) is 5.02 Å². The summed E-state index contributed by atoms with van der Waals surface area (Å²) in [6.07, 6.45) is 2.84. The van der Waals surface area contributed by atoms with Crippen molar-refractivity contribution in [1.29, 1.82) is 0 Å². The van der Waals surface area contributed by atoms with E-state index < -0.39 is 0 Å². The number of halogens is 1. The van der Waals surface area contributed by atoms with Gasteiger partial charge in [-0.2, -0.15) is 11.8 Å². The zero-order chi connectivity index (χ0) is 18.1. The van der Waals surface area contributed by atoms with Crippen LogP contribution in [0.3, 0.4) is 0 Å². The Labute approximate surface area is 162 Å². The first-order valence-corrected chi connectivity index (χ1v) is 9.93. The van der Waals surface area contributed by atoms with Crippen LogP contribution in [-0.4, -0.2) is 23.8 Å².